The molecule has 0 spiro atoms. The molecule has 18 heavy (non-hydrogen) atoms. The highest BCUT2D eigenvalue weighted by molar-refractivity contribution is 7.89. The van der Waals surface area contributed by atoms with Gasteiger partial charge in [0.15, 0.2) is 0 Å². The maximum absolute atomic E-state index is 12.5. The van der Waals surface area contributed by atoms with Crippen LogP contribution in [0.3, 0.4) is 0 Å². The van der Waals surface area contributed by atoms with Gasteiger partial charge >= 0.3 is 6.18 Å². The van der Waals surface area contributed by atoms with Gasteiger partial charge in [-0.2, -0.15) is 13.2 Å². The molecule has 0 unspecified atom stereocenters. The highest BCUT2D eigenvalue weighted by Crippen LogP contribution is 2.30. The minimum absolute atomic E-state index is 0.329. The van der Waals surface area contributed by atoms with Crippen LogP contribution in [0.1, 0.15) is 25.8 Å². The Morgan fingerprint density at radius 2 is 1.94 bits per heavy atom. The third-order valence-electron chi connectivity index (χ3n) is 2.44. The van der Waals surface area contributed by atoms with E-state index in [1.165, 1.54) is 0 Å². The SMILES string of the molecule is CC[C@@H](C)NS(=O)(=O)c1cccc(C(F)(F)F)c1. The summed E-state index contributed by atoms with van der Waals surface area (Å²) in [6.07, 6.45) is -4.00. The van der Waals surface area contributed by atoms with Crippen LogP contribution in [-0.2, 0) is 16.2 Å². The Hall–Kier alpha value is -1.08. The van der Waals surface area contributed by atoms with Gasteiger partial charge in [0.2, 0.25) is 10.0 Å². The van der Waals surface area contributed by atoms with Crippen molar-refractivity contribution in [2.45, 2.75) is 37.4 Å². The summed E-state index contributed by atoms with van der Waals surface area (Å²) in [5.74, 6) is 0. The number of halogens is 3. The lowest BCUT2D eigenvalue weighted by Crippen LogP contribution is -2.32. The number of hydrogen-bond acceptors (Lipinski definition) is 2. The van der Waals surface area contributed by atoms with Gasteiger partial charge in [-0.15, -0.1) is 0 Å². The molecule has 0 heterocycles. The first-order valence-electron chi connectivity index (χ1n) is 5.36. The molecule has 0 radical (unpaired) electrons. The smallest absolute Gasteiger partial charge is 0.208 e. The summed E-state index contributed by atoms with van der Waals surface area (Å²) in [6, 6.07) is 3.35. The molecule has 0 saturated heterocycles. The zero-order valence-electron chi connectivity index (χ0n) is 9.95. The van der Waals surface area contributed by atoms with E-state index in [0.717, 1.165) is 18.2 Å². The maximum atomic E-state index is 12.5. The van der Waals surface area contributed by atoms with Crippen LogP contribution >= 0.6 is 0 Å². The molecule has 0 aliphatic heterocycles. The van der Waals surface area contributed by atoms with Crippen molar-refractivity contribution in [3.63, 3.8) is 0 Å². The molecule has 0 fully saturated rings. The number of benzene rings is 1. The number of hydrogen-bond donors (Lipinski definition) is 1. The zero-order valence-corrected chi connectivity index (χ0v) is 10.8. The van der Waals surface area contributed by atoms with Gasteiger partial charge in [-0.1, -0.05) is 13.0 Å². The summed E-state index contributed by atoms with van der Waals surface area (Å²) in [4.78, 5) is -0.377. The minimum atomic E-state index is -4.55. The Balaban J connectivity index is 3.11. The van der Waals surface area contributed by atoms with Gasteiger partial charge in [0.25, 0.3) is 0 Å². The van der Waals surface area contributed by atoms with Crippen molar-refractivity contribution < 1.29 is 21.6 Å². The lowest BCUT2D eigenvalue weighted by molar-refractivity contribution is -0.137. The summed E-state index contributed by atoms with van der Waals surface area (Å²) in [6.45, 7) is 3.42. The third-order valence-corrected chi connectivity index (χ3v) is 4.03. The quantitative estimate of drug-likeness (QED) is 0.922. The van der Waals surface area contributed by atoms with E-state index in [1.54, 1.807) is 13.8 Å². The summed E-state index contributed by atoms with van der Waals surface area (Å²) in [7, 11) is -3.90. The fraction of sp³-hybridized carbons (Fsp3) is 0.455. The van der Waals surface area contributed by atoms with Crippen LogP contribution in [0.4, 0.5) is 13.2 Å². The predicted octanol–water partition coefficient (Wildman–Crippen LogP) is 2.78. The summed E-state index contributed by atoms with van der Waals surface area (Å²) < 4.78 is 63.3. The van der Waals surface area contributed by atoms with E-state index in [9.17, 15) is 21.6 Å². The standard InChI is InChI=1S/C11H14F3NO2S/c1-3-8(2)15-18(16,17)10-6-4-5-9(7-10)11(12,13)14/h4-8,15H,3H2,1-2H3/t8-/m1/s1. The molecular formula is C11H14F3NO2S. The zero-order chi connectivity index (χ0) is 14.0. The van der Waals surface area contributed by atoms with Gasteiger partial charge in [0.1, 0.15) is 0 Å². The molecule has 1 aromatic carbocycles. The summed E-state index contributed by atoms with van der Waals surface area (Å²) in [5.41, 5.74) is -0.977. The molecule has 0 aliphatic carbocycles. The van der Waals surface area contributed by atoms with Crippen molar-refractivity contribution in [2.75, 3.05) is 0 Å². The fourth-order valence-corrected chi connectivity index (χ4v) is 2.63. The lowest BCUT2D eigenvalue weighted by Gasteiger charge is -2.13. The molecule has 7 heteroatoms. The number of rotatable bonds is 4. The first kappa shape index (κ1) is 15.0. The Bertz CT molecular complexity index is 511. The predicted molar refractivity (Wildman–Crippen MR) is 61.5 cm³/mol. The molecule has 102 valence electrons. The van der Waals surface area contributed by atoms with Crippen molar-refractivity contribution in [3.05, 3.63) is 29.8 Å². The normalized spacial score (nSPS) is 14.5. The Kier molecular flexibility index (Phi) is 4.39. The van der Waals surface area contributed by atoms with Crippen LogP contribution in [0.5, 0.6) is 0 Å². The van der Waals surface area contributed by atoms with E-state index in [2.05, 4.69) is 4.72 Å². The van der Waals surface area contributed by atoms with Crippen LogP contribution < -0.4 is 4.72 Å². The highest BCUT2D eigenvalue weighted by atomic mass is 32.2. The molecule has 1 aromatic rings. The Morgan fingerprint density at radius 1 is 1.33 bits per heavy atom. The largest absolute Gasteiger partial charge is 0.416 e. The van der Waals surface area contributed by atoms with Crippen molar-refractivity contribution >= 4 is 10.0 Å². The van der Waals surface area contributed by atoms with E-state index in [0.29, 0.717) is 12.5 Å². The van der Waals surface area contributed by atoms with Gasteiger partial charge in [-0.25, -0.2) is 13.1 Å². The van der Waals surface area contributed by atoms with E-state index in [-0.39, 0.29) is 10.9 Å². The second-order valence-corrected chi connectivity index (χ2v) is 5.67. The Labute approximate surface area is 104 Å². The molecule has 0 saturated carbocycles. The van der Waals surface area contributed by atoms with E-state index >= 15 is 0 Å². The maximum Gasteiger partial charge on any atom is 0.416 e. The van der Waals surface area contributed by atoms with E-state index in [4.69, 9.17) is 0 Å². The van der Waals surface area contributed by atoms with Gasteiger partial charge in [0.05, 0.1) is 10.5 Å². The lowest BCUT2D eigenvalue weighted by atomic mass is 10.2. The second-order valence-electron chi connectivity index (χ2n) is 3.96. The van der Waals surface area contributed by atoms with E-state index in [1.807, 2.05) is 0 Å². The van der Waals surface area contributed by atoms with Crippen molar-refractivity contribution in [2.24, 2.45) is 0 Å². The van der Waals surface area contributed by atoms with E-state index < -0.39 is 21.8 Å². The molecule has 0 aromatic heterocycles. The Morgan fingerprint density at radius 3 is 2.44 bits per heavy atom. The number of sulfonamides is 1. The van der Waals surface area contributed by atoms with Crippen molar-refractivity contribution in [3.8, 4) is 0 Å². The molecule has 0 amide bonds. The van der Waals surface area contributed by atoms with Crippen LogP contribution in [0.15, 0.2) is 29.2 Å². The number of nitrogens with one attached hydrogen (secondary N) is 1. The van der Waals surface area contributed by atoms with Crippen LogP contribution in [0, 0.1) is 0 Å². The van der Waals surface area contributed by atoms with Gasteiger partial charge < -0.3 is 0 Å². The van der Waals surface area contributed by atoms with Gasteiger partial charge in [-0.3, -0.25) is 0 Å². The van der Waals surface area contributed by atoms with Crippen LogP contribution in [-0.4, -0.2) is 14.5 Å². The highest BCUT2D eigenvalue weighted by Gasteiger charge is 2.31. The molecule has 1 N–H and O–H groups in total. The molecule has 1 rings (SSSR count). The molecule has 3 nitrogen and oxygen atoms in total. The van der Waals surface area contributed by atoms with Crippen LogP contribution in [0.25, 0.3) is 0 Å². The summed E-state index contributed by atoms with van der Waals surface area (Å²) in [5, 5.41) is 0. The second kappa shape index (κ2) is 5.27. The topological polar surface area (TPSA) is 46.2 Å². The monoisotopic (exact) mass is 281 g/mol. The fourth-order valence-electron chi connectivity index (χ4n) is 1.26. The molecule has 1 atom stereocenters. The van der Waals surface area contributed by atoms with Crippen LogP contribution in [0.2, 0.25) is 0 Å². The van der Waals surface area contributed by atoms with Gasteiger partial charge in [0, 0.05) is 6.04 Å². The minimum Gasteiger partial charge on any atom is -0.208 e. The average Bonchev–Trinajstić information content (AvgIpc) is 2.27. The number of alkyl halides is 3. The average molecular weight is 281 g/mol. The first-order valence-corrected chi connectivity index (χ1v) is 6.84. The molecular weight excluding hydrogens is 267 g/mol. The summed E-state index contributed by atoms with van der Waals surface area (Å²) >= 11 is 0. The first-order chi connectivity index (χ1) is 8.16. The van der Waals surface area contributed by atoms with Crippen molar-refractivity contribution in [1.82, 2.24) is 4.72 Å². The molecule has 0 bridgehead atoms. The molecule has 0 aliphatic rings. The third kappa shape index (κ3) is 3.71. The van der Waals surface area contributed by atoms with Gasteiger partial charge in [-0.05, 0) is 31.5 Å². The van der Waals surface area contributed by atoms with Crippen molar-refractivity contribution in [1.29, 1.82) is 0 Å².